The van der Waals surface area contributed by atoms with Crippen LogP contribution in [-0.2, 0) is 17.8 Å². The lowest BCUT2D eigenvalue weighted by atomic mass is 10.1. The minimum Gasteiger partial charge on any atom is -0.356 e. The zero-order chi connectivity index (χ0) is 17.1. The van der Waals surface area contributed by atoms with Gasteiger partial charge in [0.1, 0.15) is 18.3 Å². The van der Waals surface area contributed by atoms with Gasteiger partial charge in [0, 0.05) is 38.1 Å². The molecule has 0 unspecified atom stereocenters. The van der Waals surface area contributed by atoms with E-state index in [1.807, 2.05) is 33.8 Å². The van der Waals surface area contributed by atoms with E-state index in [0.717, 1.165) is 50.2 Å². The van der Waals surface area contributed by atoms with Gasteiger partial charge in [-0.05, 0) is 12.1 Å². The van der Waals surface area contributed by atoms with Crippen LogP contribution in [0.15, 0.2) is 41.4 Å². The van der Waals surface area contributed by atoms with Crippen molar-refractivity contribution in [1.82, 2.24) is 29.7 Å². The number of amides is 1. The maximum atomic E-state index is 12.6. The summed E-state index contributed by atoms with van der Waals surface area (Å²) in [6.07, 6.45) is 3.56. The third-order valence-electron chi connectivity index (χ3n) is 4.61. The van der Waals surface area contributed by atoms with E-state index < -0.39 is 0 Å². The molecular formula is C17H20N6O2. The van der Waals surface area contributed by atoms with Gasteiger partial charge in [-0.15, -0.1) is 0 Å². The Bertz CT molecular complexity index is 836. The summed E-state index contributed by atoms with van der Waals surface area (Å²) >= 11 is 0. The molecule has 3 aromatic rings. The van der Waals surface area contributed by atoms with Crippen molar-refractivity contribution in [2.45, 2.75) is 13.0 Å². The van der Waals surface area contributed by atoms with Crippen LogP contribution < -0.4 is 0 Å². The van der Waals surface area contributed by atoms with E-state index >= 15 is 0 Å². The molecule has 8 nitrogen and oxygen atoms in total. The molecule has 0 spiro atoms. The molecule has 25 heavy (non-hydrogen) atoms. The molecule has 1 saturated heterocycles. The summed E-state index contributed by atoms with van der Waals surface area (Å²) in [4.78, 5) is 20.8. The second kappa shape index (κ2) is 7.02. The first-order valence-corrected chi connectivity index (χ1v) is 8.45. The quantitative estimate of drug-likeness (QED) is 0.684. The number of para-hydroxylation sites is 1. The van der Waals surface area contributed by atoms with Gasteiger partial charge >= 0.3 is 0 Å². The highest BCUT2D eigenvalue weighted by molar-refractivity contribution is 5.86. The lowest BCUT2D eigenvalue weighted by Gasteiger charge is -2.34. The topological polar surface area (TPSA) is 80.3 Å². The number of piperazine rings is 1. The first-order valence-electron chi connectivity index (χ1n) is 8.45. The molecule has 1 fully saturated rings. The van der Waals surface area contributed by atoms with Gasteiger partial charge in [0.15, 0.2) is 5.58 Å². The fourth-order valence-electron chi connectivity index (χ4n) is 3.13. The summed E-state index contributed by atoms with van der Waals surface area (Å²) in [6.45, 7) is 4.97. The molecule has 0 bridgehead atoms. The van der Waals surface area contributed by atoms with Crippen LogP contribution in [0.1, 0.15) is 5.69 Å². The second-order valence-corrected chi connectivity index (χ2v) is 6.18. The number of hydrogen-bond donors (Lipinski definition) is 0. The smallest absolute Gasteiger partial charge is 0.228 e. The van der Waals surface area contributed by atoms with Crippen molar-refractivity contribution in [3.05, 3.63) is 42.6 Å². The molecule has 0 saturated carbocycles. The Balaban J connectivity index is 1.29. The molecule has 1 aliphatic heterocycles. The lowest BCUT2D eigenvalue weighted by Crippen LogP contribution is -2.49. The van der Waals surface area contributed by atoms with Crippen LogP contribution in [0.2, 0.25) is 0 Å². The minimum atomic E-state index is 0.106. The van der Waals surface area contributed by atoms with E-state index in [2.05, 4.69) is 20.1 Å². The molecule has 4 rings (SSSR count). The molecule has 0 atom stereocenters. The van der Waals surface area contributed by atoms with Gasteiger partial charge in [-0.25, -0.2) is 4.98 Å². The van der Waals surface area contributed by atoms with Crippen LogP contribution >= 0.6 is 0 Å². The summed E-state index contributed by atoms with van der Waals surface area (Å²) < 4.78 is 7.11. The Morgan fingerprint density at radius 2 is 1.96 bits per heavy atom. The highest BCUT2D eigenvalue weighted by atomic mass is 16.5. The van der Waals surface area contributed by atoms with Crippen molar-refractivity contribution in [2.75, 3.05) is 32.7 Å². The highest BCUT2D eigenvalue weighted by Gasteiger charge is 2.22. The zero-order valence-corrected chi connectivity index (χ0v) is 13.9. The minimum absolute atomic E-state index is 0.106. The number of hydrogen-bond acceptors (Lipinski definition) is 6. The van der Waals surface area contributed by atoms with Crippen molar-refractivity contribution >= 4 is 16.9 Å². The number of benzene rings is 1. The van der Waals surface area contributed by atoms with Gasteiger partial charge in [0.2, 0.25) is 5.91 Å². The van der Waals surface area contributed by atoms with Crippen LogP contribution in [-0.4, -0.2) is 68.4 Å². The molecule has 0 radical (unpaired) electrons. The van der Waals surface area contributed by atoms with Crippen LogP contribution in [0, 0.1) is 0 Å². The number of nitrogens with zero attached hydrogens (tertiary/aromatic N) is 6. The second-order valence-electron chi connectivity index (χ2n) is 6.18. The Morgan fingerprint density at radius 1 is 1.12 bits per heavy atom. The standard InChI is InChI=1S/C17H20N6O2/c24-17(11-15-14-3-1-2-4-16(14)25-20-15)22-8-5-21(6-9-22)7-10-23-13-18-12-19-23/h1-4,12-13H,5-11H2. The van der Waals surface area contributed by atoms with Crippen molar-refractivity contribution in [3.8, 4) is 0 Å². The maximum absolute atomic E-state index is 12.6. The summed E-state index contributed by atoms with van der Waals surface area (Å²) in [5.41, 5.74) is 1.44. The average molecular weight is 340 g/mol. The number of fused-ring (bicyclic) bond motifs is 1. The van der Waals surface area contributed by atoms with Gasteiger partial charge in [-0.2, -0.15) is 5.10 Å². The van der Waals surface area contributed by atoms with Crippen molar-refractivity contribution in [2.24, 2.45) is 0 Å². The molecule has 1 aliphatic rings. The molecule has 130 valence electrons. The summed E-state index contributed by atoms with van der Waals surface area (Å²) in [5, 5.41) is 9.08. The molecule has 2 aromatic heterocycles. The highest BCUT2D eigenvalue weighted by Crippen LogP contribution is 2.19. The fourth-order valence-corrected chi connectivity index (χ4v) is 3.13. The molecule has 3 heterocycles. The lowest BCUT2D eigenvalue weighted by molar-refractivity contribution is -0.132. The zero-order valence-electron chi connectivity index (χ0n) is 13.9. The van der Waals surface area contributed by atoms with Gasteiger partial charge in [-0.3, -0.25) is 14.4 Å². The Hall–Kier alpha value is -2.74. The molecule has 1 amide bonds. The van der Waals surface area contributed by atoms with Gasteiger partial charge < -0.3 is 9.42 Å². The van der Waals surface area contributed by atoms with Crippen molar-refractivity contribution in [3.63, 3.8) is 0 Å². The molecule has 0 aliphatic carbocycles. The SMILES string of the molecule is O=C(Cc1noc2ccccc12)N1CCN(CCn2cncn2)CC1. The van der Waals surface area contributed by atoms with E-state index in [9.17, 15) is 4.79 Å². The maximum Gasteiger partial charge on any atom is 0.228 e. The first kappa shape index (κ1) is 15.8. The molecular weight excluding hydrogens is 320 g/mol. The molecule has 0 N–H and O–H groups in total. The van der Waals surface area contributed by atoms with Gasteiger partial charge in [0.05, 0.1) is 13.0 Å². The summed E-state index contributed by atoms with van der Waals surface area (Å²) in [7, 11) is 0. The summed E-state index contributed by atoms with van der Waals surface area (Å²) in [5.74, 6) is 0.106. The third-order valence-corrected chi connectivity index (χ3v) is 4.61. The van der Waals surface area contributed by atoms with Crippen LogP contribution in [0.5, 0.6) is 0 Å². The third kappa shape index (κ3) is 3.53. The van der Waals surface area contributed by atoms with Crippen LogP contribution in [0.3, 0.4) is 0 Å². The number of carbonyl (C=O) groups excluding carboxylic acids is 1. The number of aromatic nitrogens is 4. The fraction of sp³-hybridized carbons (Fsp3) is 0.412. The van der Waals surface area contributed by atoms with E-state index in [1.165, 1.54) is 0 Å². The van der Waals surface area contributed by atoms with Gasteiger partial charge in [0.25, 0.3) is 0 Å². The normalized spacial score (nSPS) is 15.8. The van der Waals surface area contributed by atoms with Crippen LogP contribution in [0.25, 0.3) is 11.0 Å². The first-order chi connectivity index (χ1) is 12.3. The van der Waals surface area contributed by atoms with Crippen molar-refractivity contribution < 1.29 is 9.32 Å². The summed E-state index contributed by atoms with van der Waals surface area (Å²) in [6, 6.07) is 7.64. The van der Waals surface area contributed by atoms with E-state index in [0.29, 0.717) is 5.69 Å². The Labute approximate surface area is 145 Å². The largest absolute Gasteiger partial charge is 0.356 e. The van der Waals surface area contributed by atoms with Crippen molar-refractivity contribution in [1.29, 1.82) is 0 Å². The van der Waals surface area contributed by atoms with E-state index in [1.54, 1.807) is 12.7 Å². The van der Waals surface area contributed by atoms with Gasteiger partial charge in [-0.1, -0.05) is 17.3 Å². The predicted molar refractivity (Wildman–Crippen MR) is 90.8 cm³/mol. The monoisotopic (exact) mass is 340 g/mol. The van der Waals surface area contributed by atoms with E-state index in [-0.39, 0.29) is 12.3 Å². The predicted octanol–water partition coefficient (Wildman–Crippen LogP) is 0.806. The number of carbonyl (C=O) groups is 1. The molecule has 8 heteroatoms. The van der Waals surface area contributed by atoms with E-state index in [4.69, 9.17) is 4.52 Å². The Morgan fingerprint density at radius 3 is 2.76 bits per heavy atom. The Kier molecular flexibility index (Phi) is 4.43. The average Bonchev–Trinajstić information content (AvgIpc) is 3.31. The molecule has 1 aromatic carbocycles. The van der Waals surface area contributed by atoms with Crippen LogP contribution in [0.4, 0.5) is 0 Å². The number of rotatable bonds is 5.